The van der Waals surface area contributed by atoms with Crippen LogP contribution in [-0.4, -0.2) is 32.0 Å². The van der Waals surface area contributed by atoms with Crippen molar-refractivity contribution in [3.63, 3.8) is 0 Å². The highest BCUT2D eigenvalue weighted by Crippen LogP contribution is 2.26. The normalized spacial score (nSPS) is 11.8. The highest BCUT2D eigenvalue weighted by atomic mass is 32.1. The molecule has 3 N–H and O–H groups in total. The molecule has 0 radical (unpaired) electrons. The number of carbonyl (C=O) groups is 2. The molecule has 0 aliphatic carbocycles. The molecule has 0 fully saturated rings. The molecule has 0 bridgehead atoms. The van der Waals surface area contributed by atoms with Crippen LogP contribution >= 0.6 is 11.3 Å². The van der Waals surface area contributed by atoms with Crippen LogP contribution in [0.25, 0.3) is 0 Å². The van der Waals surface area contributed by atoms with Crippen molar-refractivity contribution in [2.75, 3.05) is 20.1 Å². The number of hydrogen-bond donors (Lipinski definition) is 3. The molecule has 1 aromatic carbocycles. The molecule has 140 valence electrons. The minimum atomic E-state index is -0.212. The number of aryl methyl sites for hydroxylation is 1. The maximum absolute atomic E-state index is 12.0. The Morgan fingerprint density at radius 3 is 2.46 bits per heavy atom. The van der Waals surface area contributed by atoms with Gasteiger partial charge in [0.05, 0.1) is 19.1 Å². The van der Waals surface area contributed by atoms with Crippen molar-refractivity contribution >= 4 is 23.2 Å². The van der Waals surface area contributed by atoms with Gasteiger partial charge in [-0.3, -0.25) is 14.9 Å². The average Bonchev–Trinajstić information content (AvgIpc) is 3.20. The maximum Gasteiger partial charge on any atom is 0.239 e. The van der Waals surface area contributed by atoms with E-state index in [-0.39, 0.29) is 30.9 Å². The van der Waals surface area contributed by atoms with Gasteiger partial charge in [0, 0.05) is 11.9 Å². The summed E-state index contributed by atoms with van der Waals surface area (Å²) in [5, 5.41) is 10.4. The van der Waals surface area contributed by atoms with Crippen LogP contribution in [0.1, 0.15) is 41.8 Å². The standard InChI is InChI=1S/C20H27N3O2S/c1-3-4-6-15-8-10-16(11-9-15)20(17-7-5-12-26-17)23-14-19(25)22-13-18(24)21-2/h5,7-12,20,23H,3-4,6,13-14H2,1-2H3,(H,21,24)(H,22,25)/t20-/m0/s1. The number of amides is 2. The van der Waals surface area contributed by atoms with Crippen LogP contribution in [0.3, 0.4) is 0 Å². The van der Waals surface area contributed by atoms with Gasteiger partial charge in [-0.1, -0.05) is 43.7 Å². The molecule has 1 heterocycles. The van der Waals surface area contributed by atoms with Crippen LogP contribution in [0.2, 0.25) is 0 Å². The maximum atomic E-state index is 12.0. The first-order chi connectivity index (χ1) is 12.6. The summed E-state index contributed by atoms with van der Waals surface area (Å²) in [6, 6.07) is 12.6. The molecule has 5 nitrogen and oxygen atoms in total. The van der Waals surface area contributed by atoms with E-state index < -0.39 is 0 Å². The second kappa shape index (κ2) is 10.7. The second-order valence-electron chi connectivity index (χ2n) is 6.12. The van der Waals surface area contributed by atoms with E-state index in [1.54, 1.807) is 18.4 Å². The lowest BCUT2D eigenvalue weighted by atomic mass is 10.0. The Labute approximate surface area is 159 Å². The molecule has 1 atom stereocenters. The topological polar surface area (TPSA) is 70.2 Å². The Morgan fingerprint density at radius 2 is 1.85 bits per heavy atom. The predicted molar refractivity (Wildman–Crippen MR) is 106 cm³/mol. The number of unbranched alkanes of at least 4 members (excludes halogenated alkanes) is 1. The largest absolute Gasteiger partial charge is 0.358 e. The minimum absolute atomic E-state index is 0.00714. The van der Waals surface area contributed by atoms with Crippen molar-refractivity contribution in [3.8, 4) is 0 Å². The number of thiophene rings is 1. The zero-order valence-corrected chi connectivity index (χ0v) is 16.2. The van der Waals surface area contributed by atoms with Gasteiger partial charge in [-0.15, -0.1) is 11.3 Å². The number of hydrogen-bond acceptors (Lipinski definition) is 4. The Morgan fingerprint density at radius 1 is 1.08 bits per heavy atom. The summed E-state index contributed by atoms with van der Waals surface area (Å²) in [4.78, 5) is 24.4. The fourth-order valence-corrected chi connectivity index (χ4v) is 3.45. The lowest BCUT2D eigenvalue weighted by Crippen LogP contribution is -2.40. The van der Waals surface area contributed by atoms with Crippen LogP contribution in [0, 0.1) is 0 Å². The van der Waals surface area contributed by atoms with Crippen molar-refractivity contribution in [3.05, 3.63) is 57.8 Å². The first-order valence-corrected chi connectivity index (χ1v) is 9.85. The van der Waals surface area contributed by atoms with Gasteiger partial charge in [-0.25, -0.2) is 0 Å². The lowest BCUT2D eigenvalue weighted by molar-refractivity contribution is -0.125. The van der Waals surface area contributed by atoms with Crippen molar-refractivity contribution in [2.45, 2.75) is 32.2 Å². The van der Waals surface area contributed by atoms with Crippen LogP contribution < -0.4 is 16.0 Å². The molecule has 2 aromatic rings. The fraction of sp³-hybridized carbons (Fsp3) is 0.400. The molecule has 0 unspecified atom stereocenters. The van der Waals surface area contributed by atoms with E-state index in [0.29, 0.717) is 0 Å². The van der Waals surface area contributed by atoms with Gasteiger partial charge in [0.2, 0.25) is 11.8 Å². The monoisotopic (exact) mass is 373 g/mol. The molecule has 0 saturated carbocycles. The molecular formula is C20H27N3O2S. The number of nitrogens with one attached hydrogen (secondary N) is 3. The predicted octanol–water partition coefficient (Wildman–Crippen LogP) is 2.63. The number of rotatable bonds is 10. The van der Waals surface area contributed by atoms with Crippen molar-refractivity contribution in [1.29, 1.82) is 0 Å². The van der Waals surface area contributed by atoms with Crippen LogP contribution in [-0.2, 0) is 16.0 Å². The van der Waals surface area contributed by atoms with E-state index in [2.05, 4.69) is 53.2 Å². The Bertz CT molecular complexity index is 684. The third-order valence-corrected chi connectivity index (χ3v) is 5.09. The number of likely N-dealkylation sites (N-methyl/N-ethyl adjacent to an activating group) is 1. The summed E-state index contributed by atoms with van der Waals surface area (Å²) in [6.07, 6.45) is 3.47. The highest BCUT2D eigenvalue weighted by Gasteiger charge is 2.16. The van der Waals surface area contributed by atoms with Crippen molar-refractivity contribution in [1.82, 2.24) is 16.0 Å². The van der Waals surface area contributed by atoms with Gasteiger partial charge in [-0.05, 0) is 35.4 Å². The highest BCUT2D eigenvalue weighted by molar-refractivity contribution is 7.10. The van der Waals surface area contributed by atoms with Crippen LogP contribution in [0.4, 0.5) is 0 Å². The van der Waals surface area contributed by atoms with E-state index >= 15 is 0 Å². The second-order valence-corrected chi connectivity index (χ2v) is 7.10. The van der Waals surface area contributed by atoms with Gasteiger partial charge in [0.25, 0.3) is 0 Å². The molecule has 0 aliphatic heterocycles. The third-order valence-electron chi connectivity index (χ3n) is 4.15. The zero-order valence-electron chi connectivity index (χ0n) is 15.4. The quantitative estimate of drug-likeness (QED) is 0.600. The van der Waals surface area contributed by atoms with Crippen LogP contribution in [0.5, 0.6) is 0 Å². The van der Waals surface area contributed by atoms with E-state index in [9.17, 15) is 9.59 Å². The Balaban J connectivity index is 2.00. The Hall–Kier alpha value is -2.18. The third kappa shape index (κ3) is 6.28. The molecule has 1 aromatic heterocycles. The molecule has 6 heteroatoms. The first-order valence-electron chi connectivity index (χ1n) is 8.97. The zero-order chi connectivity index (χ0) is 18.8. The van der Waals surface area contributed by atoms with Gasteiger partial charge in [0.15, 0.2) is 0 Å². The number of benzene rings is 1. The van der Waals surface area contributed by atoms with E-state index in [1.165, 1.54) is 18.4 Å². The van der Waals surface area contributed by atoms with Gasteiger partial charge < -0.3 is 10.6 Å². The van der Waals surface area contributed by atoms with Gasteiger partial charge in [0.1, 0.15) is 0 Å². The van der Waals surface area contributed by atoms with E-state index in [1.807, 2.05) is 11.4 Å². The molecule has 2 amide bonds. The summed E-state index contributed by atoms with van der Waals surface area (Å²) in [6.45, 7) is 2.34. The summed E-state index contributed by atoms with van der Waals surface area (Å²) < 4.78 is 0. The Kier molecular flexibility index (Phi) is 8.31. The lowest BCUT2D eigenvalue weighted by Gasteiger charge is -2.18. The first kappa shape index (κ1) is 20.1. The van der Waals surface area contributed by atoms with E-state index in [0.717, 1.165) is 16.9 Å². The van der Waals surface area contributed by atoms with Crippen molar-refractivity contribution < 1.29 is 9.59 Å². The molecule has 0 aliphatic rings. The van der Waals surface area contributed by atoms with E-state index in [4.69, 9.17) is 0 Å². The van der Waals surface area contributed by atoms with Crippen molar-refractivity contribution in [2.24, 2.45) is 0 Å². The summed E-state index contributed by atoms with van der Waals surface area (Å²) in [5.74, 6) is -0.412. The van der Waals surface area contributed by atoms with Gasteiger partial charge >= 0.3 is 0 Å². The fourth-order valence-electron chi connectivity index (χ4n) is 2.62. The summed E-state index contributed by atoms with van der Waals surface area (Å²) >= 11 is 1.66. The molecule has 0 saturated heterocycles. The van der Waals surface area contributed by atoms with Gasteiger partial charge in [-0.2, -0.15) is 0 Å². The number of carbonyl (C=O) groups excluding carboxylic acids is 2. The molecular weight excluding hydrogens is 346 g/mol. The molecule has 2 rings (SSSR count). The SMILES string of the molecule is CCCCc1ccc([C@H](NCC(=O)NCC(=O)NC)c2cccs2)cc1. The smallest absolute Gasteiger partial charge is 0.239 e. The van der Waals surface area contributed by atoms with Crippen LogP contribution in [0.15, 0.2) is 41.8 Å². The molecule has 26 heavy (non-hydrogen) atoms. The average molecular weight is 374 g/mol. The summed E-state index contributed by atoms with van der Waals surface area (Å²) in [7, 11) is 1.55. The molecule has 0 spiro atoms. The minimum Gasteiger partial charge on any atom is -0.358 e. The summed E-state index contributed by atoms with van der Waals surface area (Å²) in [5.41, 5.74) is 2.47.